The summed E-state index contributed by atoms with van der Waals surface area (Å²) in [6.45, 7) is 0. The fraction of sp³-hybridized carbons (Fsp3) is 0.158. The first-order valence-corrected chi connectivity index (χ1v) is 9.36. The summed E-state index contributed by atoms with van der Waals surface area (Å²) in [5.41, 5.74) is 1.57. The van der Waals surface area contributed by atoms with Gasteiger partial charge < -0.3 is 9.47 Å². The third kappa shape index (κ3) is 4.26. The summed E-state index contributed by atoms with van der Waals surface area (Å²) in [5.74, 6) is 0.626. The number of benzene rings is 2. The molecule has 2 aromatic carbocycles. The first kappa shape index (κ1) is 18.5. The molecule has 4 nitrogen and oxygen atoms in total. The quantitative estimate of drug-likeness (QED) is 0.321. The highest BCUT2D eigenvalue weighted by atomic mass is 35.5. The molecule has 7 heteroatoms. The third-order valence-electron chi connectivity index (χ3n) is 3.66. The van der Waals surface area contributed by atoms with Gasteiger partial charge in [0.15, 0.2) is 16.7 Å². The Labute approximate surface area is 160 Å². The van der Waals surface area contributed by atoms with Gasteiger partial charge in [0.1, 0.15) is 10.9 Å². The standard InChI is InChI=1S/C19H16ClFN2O2S/c1-24-13-9-7-12(8-10-13)11-14-17(20)22-19(26-2)23-18(14)25-16-6-4-3-5-15(16)21/h3-10H,11H2,1-2H3. The maximum absolute atomic E-state index is 14.0. The predicted molar refractivity (Wildman–Crippen MR) is 101 cm³/mol. The second-order valence-electron chi connectivity index (χ2n) is 5.34. The molecule has 1 aromatic heterocycles. The van der Waals surface area contributed by atoms with E-state index in [1.54, 1.807) is 25.3 Å². The zero-order valence-corrected chi connectivity index (χ0v) is 15.8. The number of thioether (sulfide) groups is 1. The first-order valence-electron chi connectivity index (χ1n) is 7.76. The number of methoxy groups -OCH3 is 1. The van der Waals surface area contributed by atoms with Crippen molar-refractivity contribution in [1.82, 2.24) is 9.97 Å². The van der Waals surface area contributed by atoms with Crippen molar-refractivity contribution >= 4 is 23.4 Å². The normalized spacial score (nSPS) is 10.6. The minimum absolute atomic E-state index is 0.0882. The van der Waals surface area contributed by atoms with Crippen LogP contribution in [-0.4, -0.2) is 23.3 Å². The van der Waals surface area contributed by atoms with Gasteiger partial charge >= 0.3 is 0 Å². The van der Waals surface area contributed by atoms with E-state index in [9.17, 15) is 4.39 Å². The molecule has 0 saturated carbocycles. The summed E-state index contributed by atoms with van der Waals surface area (Å²) in [5, 5.41) is 0.742. The van der Waals surface area contributed by atoms with Crippen molar-refractivity contribution in [2.24, 2.45) is 0 Å². The summed E-state index contributed by atoms with van der Waals surface area (Å²) in [4.78, 5) is 8.64. The molecular weight excluding hydrogens is 375 g/mol. The summed E-state index contributed by atoms with van der Waals surface area (Å²) in [6, 6.07) is 13.7. The number of rotatable bonds is 6. The van der Waals surface area contributed by atoms with Crippen LogP contribution in [0.1, 0.15) is 11.1 Å². The lowest BCUT2D eigenvalue weighted by atomic mass is 10.1. The molecular formula is C19H16ClFN2O2S. The van der Waals surface area contributed by atoms with Crippen LogP contribution in [-0.2, 0) is 6.42 Å². The van der Waals surface area contributed by atoms with Gasteiger partial charge in [0.25, 0.3) is 0 Å². The van der Waals surface area contributed by atoms with Crippen molar-refractivity contribution in [2.45, 2.75) is 11.6 Å². The molecule has 0 aliphatic carbocycles. The van der Waals surface area contributed by atoms with Gasteiger partial charge in [-0.1, -0.05) is 47.6 Å². The molecule has 0 N–H and O–H groups in total. The van der Waals surface area contributed by atoms with Gasteiger partial charge in [0.2, 0.25) is 5.88 Å². The Morgan fingerprint density at radius 2 is 1.81 bits per heavy atom. The van der Waals surface area contributed by atoms with E-state index in [0.29, 0.717) is 17.1 Å². The largest absolute Gasteiger partial charge is 0.497 e. The van der Waals surface area contributed by atoms with Crippen LogP contribution in [0.3, 0.4) is 0 Å². The highest BCUT2D eigenvalue weighted by Gasteiger charge is 2.17. The number of para-hydroxylation sites is 1. The van der Waals surface area contributed by atoms with Gasteiger partial charge in [-0.15, -0.1) is 0 Å². The Morgan fingerprint density at radius 1 is 1.08 bits per heavy atom. The zero-order valence-electron chi connectivity index (χ0n) is 14.2. The summed E-state index contributed by atoms with van der Waals surface area (Å²) in [7, 11) is 1.61. The molecule has 1 heterocycles. The molecule has 0 spiro atoms. The van der Waals surface area contributed by atoms with Crippen molar-refractivity contribution < 1.29 is 13.9 Å². The summed E-state index contributed by atoms with van der Waals surface area (Å²) >= 11 is 7.70. The average Bonchev–Trinajstić information content (AvgIpc) is 2.66. The SMILES string of the molecule is COc1ccc(Cc2c(Cl)nc(SC)nc2Oc2ccccc2F)cc1. The number of hydrogen-bond acceptors (Lipinski definition) is 5. The van der Waals surface area contributed by atoms with E-state index < -0.39 is 5.82 Å². The first-order chi connectivity index (χ1) is 12.6. The lowest BCUT2D eigenvalue weighted by Gasteiger charge is -2.13. The van der Waals surface area contributed by atoms with Gasteiger partial charge in [-0.3, -0.25) is 0 Å². The Kier molecular flexibility index (Phi) is 5.96. The van der Waals surface area contributed by atoms with Crippen molar-refractivity contribution in [3.8, 4) is 17.4 Å². The smallest absolute Gasteiger partial charge is 0.228 e. The van der Waals surface area contributed by atoms with Crippen LogP contribution in [0, 0.1) is 5.82 Å². The van der Waals surface area contributed by atoms with Crippen LogP contribution in [0.2, 0.25) is 5.15 Å². The number of aromatic nitrogens is 2. The highest BCUT2D eigenvalue weighted by molar-refractivity contribution is 7.98. The van der Waals surface area contributed by atoms with E-state index in [2.05, 4.69) is 9.97 Å². The molecule has 26 heavy (non-hydrogen) atoms. The molecule has 0 atom stereocenters. The maximum Gasteiger partial charge on any atom is 0.228 e. The number of ether oxygens (including phenoxy) is 2. The average molecular weight is 391 g/mol. The molecule has 0 aliphatic rings. The Balaban J connectivity index is 1.98. The van der Waals surface area contributed by atoms with E-state index >= 15 is 0 Å². The second kappa shape index (κ2) is 8.38. The van der Waals surface area contributed by atoms with Crippen LogP contribution in [0.5, 0.6) is 17.4 Å². The van der Waals surface area contributed by atoms with Crippen molar-refractivity contribution in [1.29, 1.82) is 0 Å². The molecule has 0 saturated heterocycles. The predicted octanol–water partition coefficient (Wildman–Crippen LogP) is 5.38. The van der Waals surface area contributed by atoms with Crippen molar-refractivity contribution in [2.75, 3.05) is 13.4 Å². The van der Waals surface area contributed by atoms with Crippen LogP contribution in [0.15, 0.2) is 53.7 Å². The van der Waals surface area contributed by atoms with Gasteiger partial charge in [-0.05, 0) is 36.1 Å². The van der Waals surface area contributed by atoms with Crippen LogP contribution >= 0.6 is 23.4 Å². The third-order valence-corrected chi connectivity index (χ3v) is 4.52. The van der Waals surface area contributed by atoms with Crippen LogP contribution in [0.4, 0.5) is 4.39 Å². The second-order valence-corrected chi connectivity index (χ2v) is 6.47. The lowest BCUT2D eigenvalue weighted by Crippen LogP contribution is -2.02. The molecule has 0 fully saturated rings. The molecule has 0 radical (unpaired) electrons. The number of halogens is 2. The molecule has 3 rings (SSSR count). The molecule has 3 aromatic rings. The van der Waals surface area contributed by atoms with E-state index in [1.165, 1.54) is 17.8 Å². The van der Waals surface area contributed by atoms with Crippen molar-refractivity contribution in [3.05, 3.63) is 70.6 Å². The summed E-state index contributed by atoms with van der Waals surface area (Å²) in [6.07, 6.45) is 2.28. The Morgan fingerprint density at radius 3 is 2.46 bits per heavy atom. The van der Waals surface area contributed by atoms with E-state index in [0.717, 1.165) is 11.3 Å². The fourth-order valence-electron chi connectivity index (χ4n) is 2.32. The maximum atomic E-state index is 14.0. The van der Waals surface area contributed by atoms with Crippen molar-refractivity contribution in [3.63, 3.8) is 0 Å². The summed E-state index contributed by atoms with van der Waals surface area (Å²) < 4.78 is 24.9. The van der Waals surface area contributed by atoms with Crippen LogP contribution in [0.25, 0.3) is 0 Å². The molecule has 0 aliphatic heterocycles. The van der Waals surface area contributed by atoms with E-state index in [4.69, 9.17) is 21.1 Å². The highest BCUT2D eigenvalue weighted by Crippen LogP contribution is 2.32. The lowest BCUT2D eigenvalue weighted by molar-refractivity contribution is 0.414. The fourth-order valence-corrected chi connectivity index (χ4v) is 2.96. The van der Waals surface area contributed by atoms with E-state index in [-0.39, 0.29) is 16.8 Å². The zero-order chi connectivity index (χ0) is 18.5. The number of nitrogens with zero attached hydrogens (tertiary/aromatic N) is 2. The Hall–Kier alpha value is -2.31. The Bertz CT molecular complexity index is 907. The number of hydrogen-bond donors (Lipinski definition) is 0. The van der Waals surface area contributed by atoms with Crippen LogP contribution < -0.4 is 9.47 Å². The topological polar surface area (TPSA) is 44.2 Å². The molecule has 0 bridgehead atoms. The minimum atomic E-state index is -0.469. The minimum Gasteiger partial charge on any atom is -0.497 e. The monoisotopic (exact) mass is 390 g/mol. The molecule has 0 unspecified atom stereocenters. The van der Waals surface area contributed by atoms with E-state index in [1.807, 2.05) is 30.5 Å². The molecule has 134 valence electrons. The van der Waals surface area contributed by atoms with Gasteiger partial charge in [0.05, 0.1) is 12.7 Å². The van der Waals surface area contributed by atoms with Gasteiger partial charge in [-0.25, -0.2) is 9.37 Å². The van der Waals surface area contributed by atoms with Gasteiger partial charge in [0, 0.05) is 6.42 Å². The van der Waals surface area contributed by atoms with Gasteiger partial charge in [-0.2, -0.15) is 4.98 Å². The molecule has 0 amide bonds.